The summed E-state index contributed by atoms with van der Waals surface area (Å²) in [5, 5.41) is 3.53. The van der Waals surface area contributed by atoms with E-state index in [2.05, 4.69) is 45.9 Å². The molecule has 82 valence electrons. The van der Waals surface area contributed by atoms with E-state index >= 15 is 0 Å². The Labute approximate surface area is 89.7 Å². The summed E-state index contributed by atoms with van der Waals surface area (Å²) in [6.07, 6.45) is 7.30. The molecule has 0 radical (unpaired) electrons. The fourth-order valence-electron chi connectivity index (χ4n) is 1.26. The van der Waals surface area contributed by atoms with Crippen LogP contribution in [0.2, 0.25) is 0 Å². The van der Waals surface area contributed by atoms with E-state index in [1.165, 1.54) is 0 Å². The van der Waals surface area contributed by atoms with Crippen LogP contribution >= 0.6 is 0 Å². The summed E-state index contributed by atoms with van der Waals surface area (Å²) < 4.78 is 0. The molecule has 1 N–H and O–H groups in total. The lowest BCUT2D eigenvalue weighted by Crippen LogP contribution is -2.39. The highest BCUT2D eigenvalue weighted by Crippen LogP contribution is 2.16. The molecule has 0 rings (SSSR count). The molecule has 14 heavy (non-hydrogen) atoms. The summed E-state index contributed by atoms with van der Waals surface area (Å²) in [5.74, 6) is 4.11. The van der Waals surface area contributed by atoms with Crippen LogP contribution in [0.1, 0.15) is 47.5 Å². The van der Waals surface area contributed by atoms with Gasteiger partial charge in [0.25, 0.3) is 0 Å². The van der Waals surface area contributed by atoms with Crippen LogP contribution in [0.5, 0.6) is 0 Å². The van der Waals surface area contributed by atoms with Gasteiger partial charge < -0.3 is 5.32 Å². The summed E-state index contributed by atoms with van der Waals surface area (Å²) in [7, 11) is 0. The first-order chi connectivity index (χ1) is 6.37. The molecule has 0 aromatic heterocycles. The van der Waals surface area contributed by atoms with E-state index in [4.69, 9.17) is 6.42 Å². The quantitative estimate of drug-likeness (QED) is 0.665. The Morgan fingerprint density at radius 2 is 1.79 bits per heavy atom. The third-order valence-corrected chi connectivity index (χ3v) is 2.67. The van der Waals surface area contributed by atoms with Crippen LogP contribution in [-0.2, 0) is 0 Å². The highest BCUT2D eigenvalue weighted by atomic mass is 14.9. The van der Waals surface area contributed by atoms with Gasteiger partial charge in [-0.15, -0.1) is 12.3 Å². The van der Waals surface area contributed by atoms with Gasteiger partial charge >= 0.3 is 0 Å². The van der Waals surface area contributed by atoms with Crippen LogP contribution in [0, 0.1) is 24.2 Å². The molecule has 0 aromatic rings. The average molecular weight is 195 g/mol. The zero-order valence-electron chi connectivity index (χ0n) is 10.4. The van der Waals surface area contributed by atoms with Crippen molar-refractivity contribution < 1.29 is 0 Å². The summed E-state index contributed by atoms with van der Waals surface area (Å²) in [4.78, 5) is 0. The Balaban J connectivity index is 3.73. The van der Waals surface area contributed by atoms with E-state index in [0.29, 0.717) is 11.8 Å². The first-order valence-electron chi connectivity index (χ1n) is 5.55. The smallest absolute Gasteiger partial charge is 0.00966 e. The second-order valence-corrected chi connectivity index (χ2v) is 5.33. The molecule has 0 bridgehead atoms. The van der Waals surface area contributed by atoms with Crippen LogP contribution in [0.15, 0.2) is 0 Å². The standard InChI is InChI=1S/C13H25N/c1-7-8-9-11(2)12(3)10-14-13(4,5)6/h1,11-12,14H,8-10H2,2-6H3. The van der Waals surface area contributed by atoms with Crippen molar-refractivity contribution in [3.8, 4) is 12.3 Å². The molecular formula is C13H25N. The second kappa shape index (κ2) is 6.09. The maximum atomic E-state index is 5.25. The SMILES string of the molecule is C#CCCC(C)C(C)CNC(C)(C)C. The van der Waals surface area contributed by atoms with Gasteiger partial charge in [-0.25, -0.2) is 0 Å². The fourth-order valence-corrected chi connectivity index (χ4v) is 1.26. The van der Waals surface area contributed by atoms with Crippen molar-refractivity contribution in [3.05, 3.63) is 0 Å². The Bertz CT molecular complexity index is 182. The van der Waals surface area contributed by atoms with Gasteiger partial charge in [-0.2, -0.15) is 0 Å². The normalized spacial score (nSPS) is 16.0. The molecule has 2 unspecified atom stereocenters. The molecule has 0 aliphatic rings. The predicted molar refractivity (Wildman–Crippen MR) is 64.2 cm³/mol. The summed E-state index contributed by atoms with van der Waals surface area (Å²) in [6.45, 7) is 12.3. The lowest BCUT2D eigenvalue weighted by Gasteiger charge is -2.26. The molecule has 2 atom stereocenters. The number of hydrogen-bond acceptors (Lipinski definition) is 1. The Kier molecular flexibility index (Phi) is 5.88. The maximum Gasteiger partial charge on any atom is 0.00966 e. The summed E-state index contributed by atoms with van der Waals surface area (Å²) in [5.41, 5.74) is 0.222. The van der Waals surface area contributed by atoms with Crippen LogP contribution in [0.3, 0.4) is 0 Å². The molecule has 0 aliphatic heterocycles. The van der Waals surface area contributed by atoms with Gasteiger partial charge in [-0.3, -0.25) is 0 Å². The van der Waals surface area contributed by atoms with Gasteiger partial charge in [0.15, 0.2) is 0 Å². The van der Waals surface area contributed by atoms with Crippen molar-refractivity contribution >= 4 is 0 Å². The molecule has 0 spiro atoms. The van der Waals surface area contributed by atoms with E-state index in [-0.39, 0.29) is 5.54 Å². The Morgan fingerprint density at radius 1 is 1.21 bits per heavy atom. The topological polar surface area (TPSA) is 12.0 Å². The van der Waals surface area contributed by atoms with Gasteiger partial charge in [0, 0.05) is 12.0 Å². The molecule has 0 saturated heterocycles. The van der Waals surface area contributed by atoms with Crippen molar-refractivity contribution in [2.45, 2.75) is 53.0 Å². The summed E-state index contributed by atoms with van der Waals surface area (Å²) in [6, 6.07) is 0. The molecular weight excluding hydrogens is 170 g/mol. The van der Waals surface area contributed by atoms with Crippen molar-refractivity contribution in [2.24, 2.45) is 11.8 Å². The minimum absolute atomic E-state index is 0.222. The minimum Gasteiger partial charge on any atom is -0.312 e. The highest BCUT2D eigenvalue weighted by Gasteiger charge is 2.15. The van der Waals surface area contributed by atoms with E-state index in [9.17, 15) is 0 Å². The van der Waals surface area contributed by atoms with Gasteiger partial charge in [-0.05, 0) is 45.6 Å². The van der Waals surface area contributed by atoms with Crippen molar-refractivity contribution in [2.75, 3.05) is 6.54 Å². The molecule has 1 heteroatoms. The van der Waals surface area contributed by atoms with Gasteiger partial charge in [-0.1, -0.05) is 13.8 Å². The lowest BCUT2D eigenvalue weighted by atomic mass is 9.91. The molecule has 0 amide bonds. The number of terminal acetylenes is 1. The Morgan fingerprint density at radius 3 is 2.21 bits per heavy atom. The maximum absolute atomic E-state index is 5.25. The van der Waals surface area contributed by atoms with Crippen molar-refractivity contribution in [1.82, 2.24) is 5.32 Å². The predicted octanol–water partition coefficient (Wildman–Crippen LogP) is 3.06. The first kappa shape index (κ1) is 13.5. The van der Waals surface area contributed by atoms with Gasteiger partial charge in [0.2, 0.25) is 0 Å². The monoisotopic (exact) mass is 195 g/mol. The number of nitrogens with one attached hydrogen (secondary N) is 1. The third kappa shape index (κ3) is 6.97. The van der Waals surface area contributed by atoms with Gasteiger partial charge in [0.1, 0.15) is 0 Å². The van der Waals surface area contributed by atoms with Crippen LogP contribution in [0.25, 0.3) is 0 Å². The number of hydrogen-bond donors (Lipinski definition) is 1. The van der Waals surface area contributed by atoms with E-state index in [0.717, 1.165) is 19.4 Å². The molecule has 0 heterocycles. The third-order valence-electron chi connectivity index (χ3n) is 2.67. The van der Waals surface area contributed by atoms with Crippen molar-refractivity contribution in [1.29, 1.82) is 0 Å². The van der Waals surface area contributed by atoms with Crippen molar-refractivity contribution in [3.63, 3.8) is 0 Å². The molecule has 0 aliphatic carbocycles. The second-order valence-electron chi connectivity index (χ2n) is 5.33. The molecule has 0 saturated carbocycles. The minimum atomic E-state index is 0.222. The number of rotatable bonds is 5. The van der Waals surface area contributed by atoms with E-state index in [1.807, 2.05) is 0 Å². The molecule has 0 aromatic carbocycles. The van der Waals surface area contributed by atoms with Crippen LogP contribution < -0.4 is 5.32 Å². The molecule has 0 fully saturated rings. The largest absolute Gasteiger partial charge is 0.312 e. The average Bonchev–Trinajstić information content (AvgIpc) is 2.09. The lowest BCUT2D eigenvalue weighted by molar-refractivity contribution is 0.309. The van der Waals surface area contributed by atoms with E-state index in [1.54, 1.807) is 0 Å². The zero-order chi connectivity index (χ0) is 11.2. The highest BCUT2D eigenvalue weighted by molar-refractivity contribution is 4.84. The Hall–Kier alpha value is -0.480. The van der Waals surface area contributed by atoms with E-state index < -0.39 is 0 Å². The van der Waals surface area contributed by atoms with Crippen LogP contribution in [-0.4, -0.2) is 12.1 Å². The zero-order valence-corrected chi connectivity index (χ0v) is 10.4. The van der Waals surface area contributed by atoms with Crippen LogP contribution in [0.4, 0.5) is 0 Å². The first-order valence-corrected chi connectivity index (χ1v) is 5.55. The fraction of sp³-hybridized carbons (Fsp3) is 0.846. The molecule has 1 nitrogen and oxygen atoms in total. The van der Waals surface area contributed by atoms with Gasteiger partial charge in [0.05, 0.1) is 0 Å². The summed E-state index contributed by atoms with van der Waals surface area (Å²) >= 11 is 0.